The maximum Gasteiger partial charge on any atom is 0.271 e. The summed E-state index contributed by atoms with van der Waals surface area (Å²) >= 11 is 0. The molecule has 0 atom stereocenters. The van der Waals surface area contributed by atoms with Crippen LogP contribution in [0.15, 0.2) is 42.6 Å². The fourth-order valence-electron chi connectivity index (χ4n) is 1.78. The van der Waals surface area contributed by atoms with E-state index in [2.05, 4.69) is 15.8 Å². The summed E-state index contributed by atoms with van der Waals surface area (Å²) in [6, 6.07) is 8.66. The highest BCUT2D eigenvalue weighted by Gasteiger charge is 2.09. The van der Waals surface area contributed by atoms with E-state index in [1.54, 1.807) is 12.1 Å². The summed E-state index contributed by atoms with van der Waals surface area (Å²) in [5, 5.41) is 0. The van der Waals surface area contributed by atoms with Gasteiger partial charge in [-0.3, -0.25) is 20.4 Å². The molecule has 0 unspecified atom stereocenters. The van der Waals surface area contributed by atoms with Crippen LogP contribution in [-0.4, -0.2) is 23.4 Å². The Morgan fingerprint density at radius 1 is 1.13 bits per heavy atom. The predicted octanol–water partition coefficient (Wildman–Crippen LogP) is 1.62. The van der Waals surface area contributed by atoms with Crippen LogP contribution in [0.25, 0.3) is 0 Å². The molecule has 0 aliphatic carbocycles. The highest BCUT2D eigenvalue weighted by atomic mass is 19.1. The fourth-order valence-corrected chi connectivity index (χ4v) is 1.78. The zero-order valence-corrected chi connectivity index (χ0v) is 12.5. The number of aromatic nitrogens is 1. The van der Waals surface area contributed by atoms with Crippen molar-refractivity contribution in [2.75, 3.05) is 6.61 Å². The number of hydrogen-bond donors (Lipinski definition) is 2. The van der Waals surface area contributed by atoms with Gasteiger partial charge in [-0.05, 0) is 30.7 Å². The first-order valence-corrected chi connectivity index (χ1v) is 7.01. The number of nitrogens with zero attached hydrogens (tertiary/aromatic N) is 1. The number of nitrogens with one attached hydrogen (secondary N) is 2. The Labute approximate surface area is 132 Å². The number of ether oxygens (including phenoxy) is 1. The van der Waals surface area contributed by atoms with E-state index < -0.39 is 11.8 Å². The molecule has 7 heteroatoms. The van der Waals surface area contributed by atoms with Crippen LogP contribution in [0.5, 0.6) is 5.88 Å². The average molecular weight is 317 g/mol. The first-order chi connectivity index (χ1) is 11.1. The van der Waals surface area contributed by atoms with Crippen molar-refractivity contribution in [3.8, 4) is 5.88 Å². The van der Waals surface area contributed by atoms with E-state index in [-0.39, 0.29) is 17.8 Å². The molecule has 1 heterocycles. The van der Waals surface area contributed by atoms with Gasteiger partial charge in [0.05, 0.1) is 18.6 Å². The summed E-state index contributed by atoms with van der Waals surface area (Å²) in [5.74, 6) is -0.855. The van der Waals surface area contributed by atoms with Crippen molar-refractivity contribution in [3.63, 3.8) is 0 Å². The number of pyridine rings is 1. The number of benzene rings is 1. The van der Waals surface area contributed by atoms with E-state index in [4.69, 9.17) is 4.74 Å². The van der Waals surface area contributed by atoms with Crippen molar-refractivity contribution in [3.05, 3.63) is 59.5 Å². The normalized spacial score (nSPS) is 10.0. The van der Waals surface area contributed by atoms with Crippen molar-refractivity contribution < 1.29 is 18.7 Å². The molecule has 120 valence electrons. The molecule has 2 N–H and O–H groups in total. The number of halogens is 1. The van der Waals surface area contributed by atoms with Gasteiger partial charge in [0.1, 0.15) is 5.82 Å². The van der Waals surface area contributed by atoms with E-state index in [1.165, 1.54) is 30.5 Å². The van der Waals surface area contributed by atoms with Crippen LogP contribution in [0, 0.1) is 5.82 Å². The maximum atomic E-state index is 12.8. The smallest absolute Gasteiger partial charge is 0.271 e. The molecular weight excluding hydrogens is 301 g/mol. The molecule has 0 spiro atoms. The number of hydrogen-bond acceptors (Lipinski definition) is 4. The van der Waals surface area contributed by atoms with Crippen LogP contribution in [-0.2, 0) is 11.2 Å². The van der Waals surface area contributed by atoms with Crippen molar-refractivity contribution in [2.24, 2.45) is 0 Å². The third-order valence-electron chi connectivity index (χ3n) is 2.88. The molecule has 1 aromatic carbocycles. The predicted molar refractivity (Wildman–Crippen MR) is 81.1 cm³/mol. The van der Waals surface area contributed by atoms with Gasteiger partial charge in [-0.2, -0.15) is 0 Å². The van der Waals surface area contributed by atoms with E-state index in [0.29, 0.717) is 18.1 Å². The topological polar surface area (TPSA) is 80.3 Å². The van der Waals surface area contributed by atoms with Gasteiger partial charge in [0.25, 0.3) is 5.91 Å². The number of carbonyl (C=O) groups is 2. The number of rotatable bonds is 5. The van der Waals surface area contributed by atoms with E-state index in [1.807, 2.05) is 6.92 Å². The lowest BCUT2D eigenvalue weighted by Crippen LogP contribution is -2.42. The molecule has 0 aliphatic heterocycles. The van der Waals surface area contributed by atoms with E-state index >= 15 is 0 Å². The molecule has 0 aliphatic rings. The number of amides is 2. The van der Waals surface area contributed by atoms with Gasteiger partial charge in [0.2, 0.25) is 11.8 Å². The van der Waals surface area contributed by atoms with Crippen LogP contribution in [0.2, 0.25) is 0 Å². The standard InChI is InChI=1S/C16H16FN3O3/c1-2-23-15-8-5-12(10-18-15)16(22)20-19-14(21)9-11-3-6-13(17)7-4-11/h3-8,10H,2,9H2,1H3,(H,19,21)(H,20,22). The van der Waals surface area contributed by atoms with Gasteiger partial charge in [0.15, 0.2) is 0 Å². The molecule has 2 rings (SSSR count). The van der Waals surface area contributed by atoms with Crippen molar-refractivity contribution >= 4 is 11.8 Å². The Morgan fingerprint density at radius 3 is 2.48 bits per heavy atom. The lowest BCUT2D eigenvalue weighted by atomic mass is 10.1. The van der Waals surface area contributed by atoms with Crippen molar-refractivity contribution in [2.45, 2.75) is 13.3 Å². The van der Waals surface area contributed by atoms with Crippen LogP contribution in [0.1, 0.15) is 22.8 Å². The number of carbonyl (C=O) groups excluding carboxylic acids is 2. The molecule has 0 saturated carbocycles. The van der Waals surface area contributed by atoms with Gasteiger partial charge in [0, 0.05) is 12.3 Å². The average Bonchev–Trinajstić information content (AvgIpc) is 2.56. The van der Waals surface area contributed by atoms with E-state index in [9.17, 15) is 14.0 Å². The molecule has 0 fully saturated rings. The highest BCUT2D eigenvalue weighted by molar-refractivity contribution is 5.95. The van der Waals surface area contributed by atoms with Gasteiger partial charge in [-0.1, -0.05) is 12.1 Å². The van der Waals surface area contributed by atoms with Crippen LogP contribution < -0.4 is 15.6 Å². The quantitative estimate of drug-likeness (QED) is 0.821. The largest absolute Gasteiger partial charge is 0.478 e. The van der Waals surface area contributed by atoms with Gasteiger partial charge >= 0.3 is 0 Å². The Bertz CT molecular complexity index is 672. The summed E-state index contributed by atoms with van der Waals surface area (Å²) in [7, 11) is 0. The second-order valence-electron chi connectivity index (χ2n) is 4.62. The molecule has 2 amide bonds. The van der Waals surface area contributed by atoms with E-state index in [0.717, 1.165) is 0 Å². The lowest BCUT2D eigenvalue weighted by Gasteiger charge is -2.08. The molecule has 2 aromatic rings. The van der Waals surface area contributed by atoms with Crippen molar-refractivity contribution in [1.29, 1.82) is 0 Å². The Balaban J connectivity index is 1.83. The van der Waals surface area contributed by atoms with Gasteiger partial charge in [-0.15, -0.1) is 0 Å². The zero-order valence-electron chi connectivity index (χ0n) is 12.5. The van der Waals surface area contributed by atoms with Gasteiger partial charge < -0.3 is 4.74 Å². The van der Waals surface area contributed by atoms with Crippen LogP contribution >= 0.6 is 0 Å². The minimum absolute atomic E-state index is 0.0298. The summed E-state index contributed by atoms with van der Waals surface area (Å²) in [5.41, 5.74) is 5.51. The molecule has 1 aromatic heterocycles. The molecular formula is C16H16FN3O3. The monoisotopic (exact) mass is 317 g/mol. The van der Waals surface area contributed by atoms with Crippen LogP contribution in [0.4, 0.5) is 4.39 Å². The second kappa shape index (κ2) is 7.88. The summed E-state index contributed by atoms with van der Waals surface area (Å²) in [6.07, 6.45) is 1.38. The van der Waals surface area contributed by atoms with Crippen LogP contribution in [0.3, 0.4) is 0 Å². The first kappa shape index (κ1) is 16.4. The lowest BCUT2D eigenvalue weighted by molar-refractivity contribution is -0.121. The minimum Gasteiger partial charge on any atom is -0.478 e. The maximum absolute atomic E-state index is 12.8. The molecule has 0 bridgehead atoms. The summed E-state index contributed by atoms with van der Waals surface area (Å²) < 4.78 is 17.9. The summed E-state index contributed by atoms with van der Waals surface area (Å²) in [6.45, 7) is 2.32. The Kier molecular flexibility index (Phi) is 5.62. The third kappa shape index (κ3) is 5.06. The highest BCUT2D eigenvalue weighted by Crippen LogP contribution is 2.07. The number of hydrazine groups is 1. The fraction of sp³-hybridized carbons (Fsp3) is 0.188. The third-order valence-corrected chi connectivity index (χ3v) is 2.88. The SMILES string of the molecule is CCOc1ccc(C(=O)NNC(=O)Cc2ccc(F)cc2)cn1. The molecule has 0 radical (unpaired) electrons. The molecule has 23 heavy (non-hydrogen) atoms. The zero-order chi connectivity index (χ0) is 16.7. The second-order valence-corrected chi connectivity index (χ2v) is 4.62. The van der Waals surface area contributed by atoms with Gasteiger partial charge in [-0.25, -0.2) is 9.37 Å². The minimum atomic E-state index is -0.493. The summed E-state index contributed by atoms with van der Waals surface area (Å²) in [4.78, 5) is 27.5. The molecule has 0 saturated heterocycles. The molecule has 6 nitrogen and oxygen atoms in total. The Hall–Kier alpha value is -2.96. The Morgan fingerprint density at radius 2 is 1.87 bits per heavy atom. The van der Waals surface area contributed by atoms with Crippen molar-refractivity contribution in [1.82, 2.24) is 15.8 Å². The first-order valence-electron chi connectivity index (χ1n) is 7.01.